The molecule has 0 aromatic heterocycles. The molecule has 1 fully saturated rings. The maximum Gasteiger partial charge on any atom is 0.0641 e. The van der Waals surface area contributed by atoms with E-state index in [2.05, 4.69) is 42.2 Å². The molecule has 18 heavy (non-hydrogen) atoms. The van der Waals surface area contributed by atoms with Gasteiger partial charge in [0.05, 0.1) is 6.61 Å². The van der Waals surface area contributed by atoms with Gasteiger partial charge in [-0.25, -0.2) is 0 Å². The predicted molar refractivity (Wildman–Crippen MR) is 77.2 cm³/mol. The monoisotopic (exact) mass is 247 g/mol. The molecular weight excluding hydrogens is 222 g/mol. The average Bonchev–Trinajstić information content (AvgIpc) is 2.46. The van der Waals surface area contributed by atoms with E-state index in [4.69, 9.17) is 4.74 Å². The summed E-state index contributed by atoms with van der Waals surface area (Å²) >= 11 is 0. The van der Waals surface area contributed by atoms with Crippen LogP contribution in [0.2, 0.25) is 0 Å². The quantitative estimate of drug-likeness (QED) is 0.708. The van der Waals surface area contributed by atoms with Gasteiger partial charge in [-0.2, -0.15) is 0 Å². The Labute approximate surface area is 111 Å². The van der Waals surface area contributed by atoms with E-state index in [1.165, 1.54) is 37.8 Å². The molecule has 2 nitrogen and oxygen atoms in total. The van der Waals surface area contributed by atoms with Gasteiger partial charge < -0.3 is 9.64 Å². The van der Waals surface area contributed by atoms with Crippen molar-refractivity contribution < 1.29 is 4.74 Å². The molecule has 0 spiro atoms. The highest BCUT2D eigenvalue weighted by Crippen LogP contribution is 2.26. The van der Waals surface area contributed by atoms with E-state index in [1.807, 2.05) is 0 Å². The molecule has 1 aliphatic rings. The second-order valence-electron chi connectivity index (χ2n) is 5.02. The molecular formula is C16H25NO. The lowest BCUT2D eigenvalue weighted by molar-refractivity contribution is 0.151. The van der Waals surface area contributed by atoms with Crippen molar-refractivity contribution in [2.45, 2.75) is 45.1 Å². The molecule has 0 heterocycles. The summed E-state index contributed by atoms with van der Waals surface area (Å²) < 4.78 is 5.53. The number of para-hydroxylation sites is 1. The molecule has 0 atom stereocenters. The molecule has 0 N–H and O–H groups in total. The molecule has 0 unspecified atom stereocenters. The zero-order valence-electron chi connectivity index (χ0n) is 11.5. The lowest BCUT2D eigenvalue weighted by Gasteiger charge is -2.36. The third-order valence-electron chi connectivity index (χ3n) is 3.78. The number of anilines is 1. The maximum atomic E-state index is 5.53. The van der Waals surface area contributed by atoms with Crippen LogP contribution in [-0.4, -0.2) is 25.8 Å². The number of hydrogen-bond acceptors (Lipinski definition) is 2. The van der Waals surface area contributed by atoms with Gasteiger partial charge in [0.15, 0.2) is 0 Å². The van der Waals surface area contributed by atoms with Crippen LogP contribution in [0.1, 0.15) is 39.0 Å². The Morgan fingerprint density at radius 2 is 1.83 bits per heavy atom. The fourth-order valence-electron chi connectivity index (χ4n) is 2.84. The molecule has 0 saturated heterocycles. The highest BCUT2D eigenvalue weighted by Gasteiger charge is 2.20. The first-order valence-corrected chi connectivity index (χ1v) is 7.31. The summed E-state index contributed by atoms with van der Waals surface area (Å²) in [5.41, 5.74) is 1.35. The molecule has 1 aromatic rings. The smallest absolute Gasteiger partial charge is 0.0641 e. The summed E-state index contributed by atoms with van der Waals surface area (Å²) in [6.45, 7) is 4.73. The Balaban J connectivity index is 2.01. The summed E-state index contributed by atoms with van der Waals surface area (Å²) in [4.78, 5) is 2.55. The van der Waals surface area contributed by atoms with E-state index < -0.39 is 0 Å². The van der Waals surface area contributed by atoms with Crippen molar-refractivity contribution in [2.24, 2.45) is 0 Å². The van der Waals surface area contributed by atoms with Crippen molar-refractivity contribution in [1.82, 2.24) is 0 Å². The second-order valence-corrected chi connectivity index (χ2v) is 5.02. The molecule has 1 aromatic carbocycles. The fraction of sp³-hybridized carbons (Fsp3) is 0.625. The molecule has 1 aliphatic carbocycles. The topological polar surface area (TPSA) is 12.5 Å². The predicted octanol–water partition coefficient (Wildman–Crippen LogP) is 3.86. The first-order valence-electron chi connectivity index (χ1n) is 7.31. The number of ether oxygens (including phenoxy) is 1. The van der Waals surface area contributed by atoms with Crippen LogP contribution in [0.4, 0.5) is 5.69 Å². The zero-order valence-corrected chi connectivity index (χ0v) is 11.5. The minimum Gasteiger partial charge on any atom is -0.380 e. The molecule has 0 amide bonds. The first-order chi connectivity index (χ1) is 8.92. The summed E-state index contributed by atoms with van der Waals surface area (Å²) in [5.74, 6) is 0. The number of benzene rings is 1. The number of nitrogens with zero attached hydrogens (tertiary/aromatic N) is 1. The SMILES string of the molecule is CCOCCN(c1ccccc1)C1CCCCC1. The zero-order chi connectivity index (χ0) is 12.6. The Morgan fingerprint density at radius 3 is 2.50 bits per heavy atom. The van der Waals surface area contributed by atoms with E-state index in [0.29, 0.717) is 6.04 Å². The third kappa shape index (κ3) is 3.74. The number of rotatable bonds is 6. The summed E-state index contributed by atoms with van der Waals surface area (Å²) in [5, 5.41) is 0. The second kappa shape index (κ2) is 7.42. The Morgan fingerprint density at radius 1 is 1.11 bits per heavy atom. The third-order valence-corrected chi connectivity index (χ3v) is 3.78. The maximum absolute atomic E-state index is 5.53. The van der Waals surface area contributed by atoms with E-state index in [9.17, 15) is 0 Å². The van der Waals surface area contributed by atoms with Crippen molar-refractivity contribution in [3.8, 4) is 0 Å². The minimum absolute atomic E-state index is 0.710. The van der Waals surface area contributed by atoms with Crippen molar-refractivity contribution in [2.75, 3.05) is 24.7 Å². The van der Waals surface area contributed by atoms with Gasteiger partial charge in [-0.1, -0.05) is 37.5 Å². The van der Waals surface area contributed by atoms with Crippen LogP contribution in [0, 0.1) is 0 Å². The van der Waals surface area contributed by atoms with E-state index in [-0.39, 0.29) is 0 Å². The van der Waals surface area contributed by atoms with Gasteiger partial charge in [0.1, 0.15) is 0 Å². The highest BCUT2D eigenvalue weighted by molar-refractivity contribution is 5.47. The van der Waals surface area contributed by atoms with Crippen molar-refractivity contribution in [3.05, 3.63) is 30.3 Å². The molecule has 0 radical (unpaired) electrons. The van der Waals surface area contributed by atoms with Crippen molar-refractivity contribution >= 4 is 5.69 Å². The van der Waals surface area contributed by atoms with E-state index in [1.54, 1.807) is 0 Å². The lowest BCUT2D eigenvalue weighted by Crippen LogP contribution is -2.39. The van der Waals surface area contributed by atoms with Crippen LogP contribution >= 0.6 is 0 Å². The van der Waals surface area contributed by atoms with Crippen LogP contribution in [0.25, 0.3) is 0 Å². The fourth-order valence-corrected chi connectivity index (χ4v) is 2.84. The molecule has 2 rings (SSSR count). The molecule has 2 heteroatoms. The van der Waals surface area contributed by atoms with Gasteiger partial charge in [-0.15, -0.1) is 0 Å². The van der Waals surface area contributed by atoms with Crippen molar-refractivity contribution in [1.29, 1.82) is 0 Å². The van der Waals surface area contributed by atoms with Gasteiger partial charge in [0, 0.05) is 24.9 Å². The van der Waals surface area contributed by atoms with Gasteiger partial charge in [-0.3, -0.25) is 0 Å². The van der Waals surface area contributed by atoms with Crippen LogP contribution < -0.4 is 4.90 Å². The van der Waals surface area contributed by atoms with Gasteiger partial charge in [0.2, 0.25) is 0 Å². The Bertz CT molecular complexity index is 319. The molecule has 1 saturated carbocycles. The molecule has 0 aliphatic heterocycles. The lowest BCUT2D eigenvalue weighted by atomic mass is 9.94. The van der Waals surface area contributed by atoms with Crippen LogP contribution in [0.5, 0.6) is 0 Å². The van der Waals surface area contributed by atoms with Gasteiger partial charge in [-0.05, 0) is 31.9 Å². The highest BCUT2D eigenvalue weighted by atomic mass is 16.5. The number of hydrogen-bond donors (Lipinski definition) is 0. The summed E-state index contributed by atoms with van der Waals surface area (Å²) in [7, 11) is 0. The average molecular weight is 247 g/mol. The standard InChI is InChI=1S/C16H25NO/c1-2-18-14-13-17(15-9-5-3-6-10-15)16-11-7-4-8-12-16/h3,5-6,9-10,16H,2,4,7-8,11-14H2,1H3. The van der Waals surface area contributed by atoms with E-state index >= 15 is 0 Å². The molecule has 0 bridgehead atoms. The normalized spacial score (nSPS) is 16.7. The van der Waals surface area contributed by atoms with Gasteiger partial charge >= 0.3 is 0 Å². The van der Waals surface area contributed by atoms with Crippen LogP contribution in [0.15, 0.2) is 30.3 Å². The van der Waals surface area contributed by atoms with E-state index in [0.717, 1.165) is 19.8 Å². The Kier molecular flexibility index (Phi) is 5.53. The van der Waals surface area contributed by atoms with Gasteiger partial charge in [0.25, 0.3) is 0 Å². The van der Waals surface area contributed by atoms with Crippen LogP contribution in [-0.2, 0) is 4.74 Å². The largest absolute Gasteiger partial charge is 0.380 e. The van der Waals surface area contributed by atoms with Crippen molar-refractivity contribution in [3.63, 3.8) is 0 Å². The summed E-state index contributed by atoms with van der Waals surface area (Å²) in [6.07, 6.45) is 6.83. The summed E-state index contributed by atoms with van der Waals surface area (Å²) in [6, 6.07) is 11.5. The Hall–Kier alpha value is -1.02. The first kappa shape index (κ1) is 13.4. The minimum atomic E-state index is 0.710. The molecule has 100 valence electrons. The van der Waals surface area contributed by atoms with Crippen LogP contribution in [0.3, 0.4) is 0 Å².